The molecule has 3 N–H and O–H groups in total. The molecule has 1 aromatic heterocycles. The van der Waals surface area contributed by atoms with Crippen molar-refractivity contribution in [3.05, 3.63) is 117 Å². The molecule has 0 bridgehead atoms. The standard InChI is InChI=1S/C36H45N4O7PS/c1-24(2)30-15-27(16-31(19-30)47-48(44,45-5)46-6)20-37-21-33(41)32(17-26-11-8-7-9-12-26)39-35(42)28-13-10-14-29(18-28)36(43)40(4)22-34-38-25(3)23-49-34/h7-16,18-19,23-24,32-33,37,41H,17,20-22H2,1-6H3,(H,39,42)/t32-,33+/m0/s1. The first-order chi connectivity index (χ1) is 23.4. The number of nitrogens with zero attached hydrogens (tertiary/aromatic N) is 2. The summed E-state index contributed by atoms with van der Waals surface area (Å²) in [4.78, 5) is 32.8. The number of carbonyl (C=O) groups is 2. The van der Waals surface area contributed by atoms with Crippen molar-refractivity contribution in [1.82, 2.24) is 20.5 Å². The molecule has 1 heterocycles. The highest BCUT2D eigenvalue weighted by Gasteiger charge is 2.26. The number of phosphoric acid groups is 1. The normalized spacial score (nSPS) is 12.8. The van der Waals surface area contributed by atoms with Crippen LogP contribution in [0.1, 0.15) is 67.9 Å². The molecule has 49 heavy (non-hydrogen) atoms. The van der Waals surface area contributed by atoms with Crippen LogP contribution in [0.15, 0.2) is 78.2 Å². The molecule has 0 unspecified atom stereocenters. The van der Waals surface area contributed by atoms with Gasteiger partial charge in [-0.05, 0) is 66.3 Å². The zero-order chi connectivity index (χ0) is 35.6. The highest BCUT2D eigenvalue weighted by Crippen LogP contribution is 2.48. The topological polar surface area (TPSA) is 139 Å². The Morgan fingerprint density at radius 1 is 0.980 bits per heavy atom. The lowest BCUT2D eigenvalue weighted by atomic mass is 9.99. The van der Waals surface area contributed by atoms with Crippen LogP contribution in [0.5, 0.6) is 5.75 Å². The average molecular weight is 709 g/mol. The van der Waals surface area contributed by atoms with Gasteiger partial charge in [0, 0.05) is 56.6 Å². The summed E-state index contributed by atoms with van der Waals surface area (Å²) in [6.45, 7) is 6.87. The van der Waals surface area contributed by atoms with Crippen molar-refractivity contribution < 1.29 is 32.8 Å². The molecule has 4 rings (SSSR count). The van der Waals surface area contributed by atoms with Crippen LogP contribution in [0, 0.1) is 6.92 Å². The van der Waals surface area contributed by atoms with E-state index in [1.165, 1.54) is 25.6 Å². The summed E-state index contributed by atoms with van der Waals surface area (Å²) < 4.78 is 28.1. The first-order valence-corrected chi connectivity index (χ1v) is 18.3. The maximum Gasteiger partial charge on any atom is 0.529 e. The summed E-state index contributed by atoms with van der Waals surface area (Å²) >= 11 is 1.50. The number of aliphatic hydroxyl groups excluding tert-OH is 1. The number of phosphoric ester groups is 1. The van der Waals surface area contributed by atoms with Crippen molar-refractivity contribution in [2.45, 2.75) is 58.3 Å². The van der Waals surface area contributed by atoms with Gasteiger partial charge in [0.05, 0.1) is 18.7 Å². The Morgan fingerprint density at radius 2 is 1.69 bits per heavy atom. The van der Waals surface area contributed by atoms with E-state index in [0.29, 0.717) is 36.4 Å². The molecule has 13 heteroatoms. The lowest BCUT2D eigenvalue weighted by molar-refractivity contribution is 0.0784. The Balaban J connectivity index is 1.45. The van der Waals surface area contributed by atoms with E-state index in [1.54, 1.807) is 48.3 Å². The smallest absolute Gasteiger partial charge is 0.404 e. The third kappa shape index (κ3) is 11.1. The molecule has 0 saturated heterocycles. The molecule has 2 atom stereocenters. The Kier molecular flexibility index (Phi) is 13.7. The second kappa shape index (κ2) is 17.7. The number of rotatable bonds is 17. The summed E-state index contributed by atoms with van der Waals surface area (Å²) in [6, 6.07) is 21.1. The van der Waals surface area contributed by atoms with E-state index in [9.17, 15) is 19.3 Å². The van der Waals surface area contributed by atoms with E-state index in [1.807, 2.05) is 62.5 Å². The highest BCUT2D eigenvalue weighted by atomic mass is 32.1. The van der Waals surface area contributed by atoms with Crippen LogP contribution in [-0.4, -0.2) is 66.8 Å². The number of nitrogens with one attached hydrogen (secondary N) is 2. The largest absolute Gasteiger partial charge is 0.529 e. The van der Waals surface area contributed by atoms with Crippen molar-refractivity contribution in [2.75, 3.05) is 27.8 Å². The number of hydrogen-bond donors (Lipinski definition) is 3. The minimum Gasteiger partial charge on any atom is -0.404 e. The van der Waals surface area contributed by atoms with Gasteiger partial charge in [-0.25, -0.2) is 9.55 Å². The van der Waals surface area contributed by atoms with E-state index < -0.39 is 25.9 Å². The van der Waals surface area contributed by atoms with Gasteiger partial charge in [-0.15, -0.1) is 11.3 Å². The zero-order valence-electron chi connectivity index (χ0n) is 28.7. The van der Waals surface area contributed by atoms with Gasteiger partial charge in [-0.2, -0.15) is 0 Å². The van der Waals surface area contributed by atoms with Crippen LogP contribution >= 0.6 is 19.2 Å². The second-order valence-electron chi connectivity index (χ2n) is 12.1. The van der Waals surface area contributed by atoms with Gasteiger partial charge in [0.2, 0.25) is 0 Å². The van der Waals surface area contributed by atoms with Crippen LogP contribution in [0.25, 0.3) is 0 Å². The summed E-state index contributed by atoms with van der Waals surface area (Å²) in [5.74, 6) is -0.121. The Hall–Kier alpha value is -3.90. The molecule has 2 amide bonds. The number of thiazole rings is 1. The fraction of sp³-hybridized carbons (Fsp3) is 0.361. The molecule has 262 valence electrons. The molecular formula is C36H45N4O7PS. The molecule has 4 aromatic rings. The first kappa shape index (κ1) is 37.9. The summed E-state index contributed by atoms with van der Waals surface area (Å²) in [6.07, 6.45) is -0.582. The lowest BCUT2D eigenvalue weighted by Crippen LogP contribution is -2.48. The number of hydrogen-bond acceptors (Lipinski definition) is 10. The number of benzene rings is 3. The predicted octanol–water partition coefficient (Wildman–Crippen LogP) is 6.12. The summed E-state index contributed by atoms with van der Waals surface area (Å²) in [5, 5.41) is 20.4. The van der Waals surface area contributed by atoms with E-state index >= 15 is 0 Å². The van der Waals surface area contributed by atoms with E-state index in [4.69, 9.17) is 13.6 Å². The van der Waals surface area contributed by atoms with E-state index in [0.717, 1.165) is 27.4 Å². The van der Waals surface area contributed by atoms with E-state index in [2.05, 4.69) is 15.6 Å². The molecule has 0 saturated carbocycles. The third-order valence-corrected chi connectivity index (χ3v) is 10.1. The molecule has 11 nitrogen and oxygen atoms in total. The molecule has 0 aliphatic carbocycles. The van der Waals surface area contributed by atoms with Crippen LogP contribution in [-0.2, 0) is 33.1 Å². The summed E-state index contributed by atoms with van der Waals surface area (Å²) in [7, 11) is 0.464. The molecule has 3 aromatic carbocycles. The number of carbonyl (C=O) groups excluding carboxylic acids is 2. The minimum atomic E-state index is -3.75. The average Bonchev–Trinajstić information content (AvgIpc) is 3.51. The SMILES string of the molecule is COP(=O)(OC)Oc1cc(CNC[C@@H](O)[C@H](Cc2ccccc2)NC(=O)c2cccc(C(=O)N(C)Cc3nc(C)cs3)c2)cc(C(C)C)c1. The van der Waals surface area contributed by atoms with Crippen molar-refractivity contribution in [3.8, 4) is 5.75 Å². The van der Waals surface area contributed by atoms with Gasteiger partial charge in [0.15, 0.2) is 0 Å². The monoisotopic (exact) mass is 708 g/mol. The van der Waals surface area contributed by atoms with Crippen molar-refractivity contribution in [3.63, 3.8) is 0 Å². The van der Waals surface area contributed by atoms with Crippen LogP contribution in [0.4, 0.5) is 0 Å². The molecule has 0 spiro atoms. The molecule has 0 fully saturated rings. The van der Waals surface area contributed by atoms with Crippen LogP contribution < -0.4 is 15.2 Å². The Morgan fingerprint density at radius 3 is 2.35 bits per heavy atom. The molecule has 0 aliphatic rings. The van der Waals surface area contributed by atoms with Gasteiger partial charge < -0.3 is 25.2 Å². The third-order valence-electron chi connectivity index (χ3n) is 7.84. The highest BCUT2D eigenvalue weighted by molar-refractivity contribution is 7.48. The Labute approximate surface area is 292 Å². The number of aliphatic hydroxyl groups is 1. The van der Waals surface area contributed by atoms with Crippen molar-refractivity contribution in [1.29, 1.82) is 0 Å². The summed E-state index contributed by atoms with van der Waals surface area (Å²) in [5.41, 5.74) is 4.35. The lowest BCUT2D eigenvalue weighted by Gasteiger charge is -2.25. The van der Waals surface area contributed by atoms with E-state index in [-0.39, 0.29) is 18.4 Å². The van der Waals surface area contributed by atoms with Crippen LogP contribution in [0.3, 0.4) is 0 Å². The molecule has 0 aliphatic heterocycles. The van der Waals surface area contributed by atoms with Gasteiger partial charge in [0.1, 0.15) is 10.8 Å². The first-order valence-electron chi connectivity index (χ1n) is 15.9. The van der Waals surface area contributed by atoms with Gasteiger partial charge in [0.25, 0.3) is 11.8 Å². The predicted molar refractivity (Wildman–Crippen MR) is 191 cm³/mol. The quantitative estimate of drug-likeness (QED) is 0.111. The van der Waals surface area contributed by atoms with Gasteiger partial charge >= 0.3 is 7.82 Å². The van der Waals surface area contributed by atoms with Gasteiger partial charge in [-0.3, -0.25) is 18.6 Å². The number of aromatic nitrogens is 1. The Bertz CT molecular complexity index is 1740. The number of aryl methyl sites for hydroxylation is 1. The zero-order valence-corrected chi connectivity index (χ0v) is 30.4. The van der Waals surface area contributed by atoms with Crippen molar-refractivity contribution >= 4 is 31.0 Å². The van der Waals surface area contributed by atoms with Crippen LogP contribution in [0.2, 0.25) is 0 Å². The number of amides is 2. The molecule has 0 radical (unpaired) electrons. The second-order valence-corrected chi connectivity index (χ2v) is 14.8. The maximum atomic E-state index is 13.6. The fourth-order valence-corrected chi connectivity index (χ4v) is 6.61. The minimum absolute atomic E-state index is 0.161. The van der Waals surface area contributed by atoms with Crippen molar-refractivity contribution in [2.24, 2.45) is 0 Å². The fourth-order valence-electron chi connectivity index (χ4n) is 5.13. The molecular weight excluding hydrogens is 663 g/mol. The maximum absolute atomic E-state index is 13.6. The van der Waals surface area contributed by atoms with Gasteiger partial charge in [-0.1, -0.05) is 56.3 Å².